The largest absolute Gasteiger partial charge is 0.480 e. The monoisotopic (exact) mass is 282 g/mol. The number of aliphatic carboxylic acids is 1. The summed E-state index contributed by atoms with van der Waals surface area (Å²) in [7, 11) is 0. The minimum absolute atomic E-state index is 0.0748. The highest BCUT2D eigenvalue weighted by Gasteiger charge is 2.49. The molecule has 0 aromatic rings. The molecule has 1 aliphatic carbocycles. The normalized spacial score (nSPS) is 31.8. The standard InChI is InChI=1S/C15H26N2O3/c1-15(2,3)12(16)13(18)17-10-7-5-4-6-9(10)8-11(17)14(19)20/h9-12H,4-8,16H2,1-3H3,(H,19,20)/t9?,10?,11?,12-/m1/s1. The van der Waals surface area contributed by atoms with E-state index in [0.717, 1.165) is 25.7 Å². The molecule has 5 heteroatoms. The first-order valence-corrected chi connectivity index (χ1v) is 7.54. The summed E-state index contributed by atoms with van der Waals surface area (Å²) in [6.45, 7) is 5.75. The fourth-order valence-corrected chi connectivity index (χ4v) is 3.53. The Labute approximate surface area is 120 Å². The van der Waals surface area contributed by atoms with Crippen LogP contribution in [0.3, 0.4) is 0 Å². The third-order valence-electron chi connectivity index (χ3n) is 4.83. The molecule has 3 unspecified atom stereocenters. The predicted molar refractivity (Wildman–Crippen MR) is 76.1 cm³/mol. The molecule has 5 nitrogen and oxygen atoms in total. The predicted octanol–water partition coefficient (Wildman–Crippen LogP) is 1.60. The number of fused-ring (bicyclic) bond motifs is 1. The van der Waals surface area contributed by atoms with Crippen LogP contribution in [-0.2, 0) is 9.59 Å². The Balaban J connectivity index is 2.25. The van der Waals surface area contributed by atoms with Crippen molar-refractivity contribution in [3.05, 3.63) is 0 Å². The molecule has 3 N–H and O–H groups in total. The first-order valence-electron chi connectivity index (χ1n) is 7.54. The van der Waals surface area contributed by atoms with Gasteiger partial charge in [0.25, 0.3) is 0 Å². The van der Waals surface area contributed by atoms with E-state index in [9.17, 15) is 14.7 Å². The lowest BCUT2D eigenvalue weighted by molar-refractivity contribution is -0.151. The first kappa shape index (κ1) is 15.3. The van der Waals surface area contributed by atoms with E-state index in [1.165, 1.54) is 0 Å². The maximum atomic E-state index is 12.7. The van der Waals surface area contributed by atoms with Gasteiger partial charge in [0.2, 0.25) is 5.91 Å². The molecule has 1 heterocycles. The van der Waals surface area contributed by atoms with E-state index < -0.39 is 18.1 Å². The van der Waals surface area contributed by atoms with Crippen molar-refractivity contribution in [1.82, 2.24) is 4.90 Å². The van der Waals surface area contributed by atoms with Crippen LogP contribution in [0.25, 0.3) is 0 Å². The van der Waals surface area contributed by atoms with Crippen LogP contribution in [0.15, 0.2) is 0 Å². The van der Waals surface area contributed by atoms with Crippen molar-refractivity contribution in [3.63, 3.8) is 0 Å². The quantitative estimate of drug-likeness (QED) is 0.806. The van der Waals surface area contributed by atoms with Crippen LogP contribution < -0.4 is 5.73 Å². The lowest BCUT2D eigenvalue weighted by atomic mass is 9.83. The van der Waals surface area contributed by atoms with Gasteiger partial charge in [-0.25, -0.2) is 4.79 Å². The molecule has 1 aliphatic heterocycles. The summed E-state index contributed by atoms with van der Waals surface area (Å²) >= 11 is 0. The molecule has 0 aromatic heterocycles. The van der Waals surface area contributed by atoms with Crippen molar-refractivity contribution in [2.24, 2.45) is 17.1 Å². The summed E-state index contributed by atoms with van der Waals surface area (Å²) < 4.78 is 0. The molecule has 2 aliphatic rings. The van der Waals surface area contributed by atoms with Gasteiger partial charge in [0.05, 0.1) is 6.04 Å². The molecule has 1 saturated carbocycles. The van der Waals surface area contributed by atoms with Crippen LogP contribution in [-0.4, -0.2) is 40.0 Å². The highest BCUT2D eigenvalue weighted by Crippen LogP contribution is 2.40. The van der Waals surface area contributed by atoms with E-state index in [0.29, 0.717) is 12.3 Å². The molecule has 0 aromatic carbocycles. The molecule has 20 heavy (non-hydrogen) atoms. The maximum Gasteiger partial charge on any atom is 0.326 e. The molecule has 2 fully saturated rings. The molecule has 0 spiro atoms. The second-order valence-electron chi connectivity index (χ2n) is 7.29. The molecule has 0 bridgehead atoms. The van der Waals surface area contributed by atoms with E-state index in [-0.39, 0.29) is 17.4 Å². The Morgan fingerprint density at radius 1 is 1.25 bits per heavy atom. The van der Waals surface area contributed by atoms with Crippen molar-refractivity contribution < 1.29 is 14.7 Å². The number of carbonyl (C=O) groups is 2. The molecule has 4 atom stereocenters. The Morgan fingerprint density at radius 2 is 1.85 bits per heavy atom. The second-order valence-corrected chi connectivity index (χ2v) is 7.29. The molecular formula is C15H26N2O3. The van der Waals surface area contributed by atoms with Gasteiger partial charge in [-0.05, 0) is 30.6 Å². The minimum Gasteiger partial charge on any atom is -0.480 e. The SMILES string of the molecule is CC(C)(C)[C@H](N)C(=O)N1C(C(=O)O)CC2CCCCC21. The third kappa shape index (κ3) is 2.68. The van der Waals surface area contributed by atoms with Crippen LogP contribution in [0.2, 0.25) is 0 Å². The number of carboxylic acid groups (broad SMARTS) is 1. The van der Waals surface area contributed by atoms with Crippen molar-refractivity contribution in [3.8, 4) is 0 Å². The molecule has 2 rings (SSSR count). The maximum absolute atomic E-state index is 12.7. The summed E-state index contributed by atoms with van der Waals surface area (Å²) in [4.78, 5) is 25.8. The van der Waals surface area contributed by atoms with Crippen LogP contribution in [0.5, 0.6) is 0 Å². The van der Waals surface area contributed by atoms with Gasteiger partial charge in [-0.1, -0.05) is 33.6 Å². The zero-order valence-electron chi connectivity index (χ0n) is 12.6. The Kier molecular flexibility index (Phi) is 4.09. The van der Waals surface area contributed by atoms with Crippen molar-refractivity contribution >= 4 is 11.9 Å². The number of amides is 1. The summed E-state index contributed by atoms with van der Waals surface area (Å²) in [5.41, 5.74) is 5.72. The lowest BCUT2D eigenvalue weighted by Crippen LogP contribution is -2.56. The highest BCUT2D eigenvalue weighted by atomic mass is 16.4. The van der Waals surface area contributed by atoms with Gasteiger partial charge in [-0.3, -0.25) is 4.79 Å². The number of hydrogen-bond donors (Lipinski definition) is 2. The highest BCUT2D eigenvalue weighted by molar-refractivity contribution is 5.88. The van der Waals surface area contributed by atoms with Gasteiger partial charge in [0, 0.05) is 6.04 Å². The van der Waals surface area contributed by atoms with Crippen LogP contribution in [0, 0.1) is 11.3 Å². The summed E-state index contributed by atoms with van der Waals surface area (Å²) in [6.07, 6.45) is 4.74. The van der Waals surface area contributed by atoms with E-state index in [1.54, 1.807) is 4.90 Å². The average molecular weight is 282 g/mol. The first-order chi connectivity index (χ1) is 9.23. The zero-order valence-corrected chi connectivity index (χ0v) is 12.6. The Morgan fingerprint density at radius 3 is 2.40 bits per heavy atom. The third-order valence-corrected chi connectivity index (χ3v) is 4.83. The van der Waals surface area contributed by atoms with Gasteiger partial charge < -0.3 is 15.7 Å². The van der Waals surface area contributed by atoms with Crippen molar-refractivity contribution in [2.45, 2.75) is 71.0 Å². The number of carbonyl (C=O) groups excluding carboxylic acids is 1. The number of nitrogens with two attached hydrogens (primary N) is 1. The molecule has 1 amide bonds. The topological polar surface area (TPSA) is 83.6 Å². The smallest absolute Gasteiger partial charge is 0.326 e. The van der Waals surface area contributed by atoms with Crippen LogP contribution in [0.4, 0.5) is 0 Å². The molecule has 1 saturated heterocycles. The number of likely N-dealkylation sites (tertiary alicyclic amines) is 1. The van der Waals surface area contributed by atoms with Gasteiger partial charge in [-0.2, -0.15) is 0 Å². The molecular weight excluding hydrogens is 256 g/mol. The van der Waals surface area contributed by atoms with Crippen LogP contribution in [0.1, 0.15) is 52.9 Å². The van der Waals surface area contributed by atoms with E-state index in [1.807, 2.05) is 20.8 Å². The zero-order chi connectivity index (χ0) is 15.1. The van der Waals surface area contributed by atoms with Gasteiger partial charge in [0.15, 0.2) is 0 Å². The van der Waals surface area contributed by atoms with Gasteiger partial charge in [0.1, 0.15) is 6.04 Å². The Hall–Kier alpha value is -1.10. The van der Waals surface area contributed by atoms with E-state index in [4.69, 9.17) is 5.73 Å². The lowest BCUT2D eigenvalue weighted by Gasteiger charge is -2.37. The summed E-state index contributed by atoms with van der Waals surface area (Å²) in [6, 6.07) is -1.26. The van der Waals surface area contributed by atoms with Crippen LogP contribution >= 0.6 is 0 Å². The number of nitrogens with zero attached hydrogens (tertiary/aromatic N) is 1. The average Bonchev–Trinajstić information content (AvgIpc) is 2.75. The van der Waals surface area contributed by atoms with Gasteiger partial charge in [-0.15, -0.1) is 0 Å². The summed E-state index contributed by atoms with van der Waals surface area (Å²) in [5.74, 6) is -0.755. The van der Waals surface area contributed by atoms with E-state index >= 15 is 0 Å². The van der Waals surface area contributed by atoms with Gasteiger partial charge >= 0.3 is 5.97 Å². The second kappa shape index (κ2) is 5.35. The Bertz CT molecular complexity index is 402. The summed E-state index contributed by atoms with van der Waals surface area (Å²) in [5, 5.41) is 9.43. The minimum atomic E-state index is -0.895. The molecule has 114 valence electrons. The number of hydrogen-bond acceptors (Lipinski definition) is 3. The van der Waals surface area contributed by atoms with Crippen molar-refractivity contribution in [2.75, 3.05) is 0 Å². The van der Waals surface area contributed by atoms with E-state index in [2.05, 4.69) is 0 Å². The number of carboxylic acids is 1. The fourth-order valence-electron chi connectivity index (χ4n) is 3.53. The molecule has 0 radical (unpaired) electrons. The number of rotatable bonds is 2. The van der Waals surface area contributed by atoms with Crippen molar-refractivity contribution in [1.29, 1.82) is 0 Å². The fraction of sp³-hybridized carbons (Fsp3) is 0.867.